The van der Waals surface area contributed by atoms with Gasteiger partial charge in [-0.25, -0.2) is 0 Å². The number of thiol groups is 3. The maximum Gasteiger partial charge on any atom is 0.0930 e. The van der Waals surface area contributed by atoms with Crippen LogP contribution in [-0.2, 0) is 0 Å². The fourth-order valence-corrected chi connectivity index (χ4v) is 9.15. The summed E-state index contributed by atoms with van der Waals surface area (Å²) in [5.41, 5.74) is 0. The second-order valence-corrected chi connectivity index (χ2v) is 10.2. The molecule has 1 saturated heterocycles. The van der Waals surface area contributed by atoms with Crippen LogP contribution in [0.5, 0.6) is 0 Å². The lowest BCUT2D eigenvalue weighted by Crippen LogP contribution is -2.44. The summed E-state index contributed by atoms with van der Waals surface area (Å²) in [5, 5.41) is 1.28. The molecule has 102 valence electrons. The van der Waals surface area contributed by atoms with Crippen LogP contribution in [0.4, 0.5) is 0 Å². The van der Waals surface area contributed by atoms with Gasteiger partial charge in [0.25, 0.3) is 0 Å². The quantitative estimate of drug-likeness (QED) is 0.470. The standard InChI is InChI=1S/C12H18S6/c1-4-8(13)11-16-7-17-12(18-11,9(14)5-2)10(15)6-3/h4-6,8-11,13-15H,1-3,7H2. The molecule has 0 aliphatic carbocycles. The van der Waals surface area contributed by atoms with Gasteiger partial charge in [0.05, 0.1) is 8.66 Å². The van der Waals surface area contributed by atoms with Gasteiger partial charge >= 0.3 is 0 Å². The first-order valence-electron chi connectivity index (χ1n) is 5.37. The van der Waals surface area contributed by atoms with Crippen molar-refractivity contribution in [1.82, 2.24) is 0 Å². The van der Waals surface area contributed by atoms with Gasteiger partial charge in [-0.05, 0) is 0 Å². The molecule has 0 bridgehead atoms. The van der Waals surface area contributed by atoms with E-state index in [1.807, 2.05) is 53.5 Å². The van der Waals surface area contributed by atoms with Crippen LogP contribution in [0.25, 0.3) is 0 Å². The number of rotatable bonds is 6. The Balaban J connectivity index is 2.99. The maximum atomic E-state index is 4.67. The molecular weight excluding hydrogens is 337 g/mol. The van der Waals surface area contributed by atoms with Crippen LogP contribution in [0.3, 0.4) is 0 Å². The Morgan fingerprint density at radius 1 is 1.06 bits per heavy atom. The summed E-state index contributed by atoms with van der Waals surface area (Å²) in [5.74, 6) is 0. The molecule has 1 fully saturated rings. The molecule has 0 aromatic heterocycles. The minimum Gasteiger partial charge on any atom is -0.170 e. The highest BCUT2D eigenvalue weighted by Gasteiger charge is 2.47. The third kappa shape index (κ3) is 3.70. The minimum atomic E-state index is -0.143. The van der Waals surface area contributed by atoms with Crippen molar-refractivity contribution in [2.45, 2.75) is 24.4 Å². The monoisotopic (exact) mass is 354 g/mol. The lowest BCUT2D eigenvalue weighted by Gasteiger charge is -2.45. The molecule has 1 aliphatic rings. The van der Waals surface area contributed by atoms with Crippen LogP contribution in [-0.4, -0.2) is 29.5 Å². The van der Waals surface area contributed by atoms with Crippen molar-refractivity contribution >= 4 is 73.2 Å². The first-order valence-corrected chi connectivity index (χ1v) is 9.83. The van der Waals surface area contributed by atoms with E-state index >= 15 is 0 Å². The summed E-state index contributed by atoms with van der Waals surface area (Å²) in [4.78, 5) is 0. The van der Waals surface area contributed by atoms with E-state index in [9.17, 15) is 0 Å². The maximum absolute atomic E-state index is 4.67. The van der Waals surface area contributed by atoms with Crippen molar-refractivity contribution in [2.75, 3.05) is 5.08 Å². The van der Waals surface area contributed by atoms with Gasteiger partial charge in [-0.15, -0.1) is 55.0 Å². The van der Waals surface area contributed by atoms with Crippen molar-refractivity contribution in [3.63, 3.8) is 0 Å². The Hall–Kier alpha value is 1.32. The summed E-state index contributed by atoms with van der Waals surface area (Å²) in [6.45, 7) is 11.6. The van der Waals surface area contributed by atoms with Crippen LogP contribution >= 0.6 is 73.2 Å². The molecule has 0 saturated carbocycles. The van der Waals surface area contributed by atoms with Crippen LogP contribution in [0.15, 0.2) is 38.0 Å². The van der Waals surface area contributed by atoms with E-state index in [4.69, 9.17) is 0 Å². The molecule has 6 heteroatoms. The molecular formula is C12H18S6. The molecule has 0 aromatic carbocycles. The summed E-state index contributed by atoms with van der Waals surface area (Å²) in [6, 6.07) is 0. The van der Waals surface area contributed by atoms with Gasteiger partial charge in [-0.3, -0.25) is 0 Å². The lowest BCUT2D eigenvalue weighted by atomic mass is 10.2. The van der Waals surface area contributed by atoms with Crippen LogP contribution in [0, 0.1) is 0 Å². The highest BCUT2D eigenvalue weighted by atomic mass is 32.3. The van der Waals surface area contributed by atoms with E-state index in [1.54, 1.807) is 0 Å². The van der Waals surface area contributed by atoms with Gasteiger partial charge in [-0.2, -0.15) is 37.9 Å². The predicted octanol–water partition coefficient (Wildman–Crippen LogP) is 4.63. The van der Waals surface area contributed by atoms with Crippen molar-refractivity contribution in [1.29, 1.82) is 0 Å². The Kier molecular flexibility index (Phi) is 7.66. The molecule has 0 N–H and O–H groups in total. The summed E-state index contributed by atoms with van der Waals surface area (Å²) in [7, 11) is 0. The van der Waals surface area contributed by atoms with E-state index in [-0.39, 0.29) is 19.8 Å². The van der Waals surface area contributed by atoms with Gasteiger partial charge in [0, 0.05) is 20.8 Å². The third-order valence-corrected chi connectivity index (χ3v) is 10.8. The summed E-state index contributed by atoms with van der Waals surface area (Å²) in [6.07, 6.45) is 5.64. The summed E-state index contributed by atoms with van der Waals surface area (Å²) >= 11 is 19.5. The molecule has 4 atom stereocenters. The zero-order chi connectivity index (χ0) is 13.8. The van der Waals surface area contributed by atoms with Crippen LogP contribution < -0.4 is 0 Å². The fourth-order valence-electron chi connectivity index (χ4n) is 1.54. The smallest absolute Gasteiger partial charge is 0.0930 e. The van der Waals surface area contributed by atoms with Gasteiger partial charge in [-0.1, -0.05) is 18.2 Å². The molecule has 1 heterocycles. The molecule has 0 spiro atoms. The molecule has 18 heavy (non-hydrogen) atoms. The second-order valence-electron chi connectivity index (χ2n) is 3.72. The summed E-state index contributed by atoms with van der Waals surface area (Å²) < 4.78 is 0.214. The Bertz CT molecular complexity index is 302. The average Bonchev–Trinajstić information content (AvgIpc) is 2.44. The Labute approximate surface area is 140 Å². The minimum absolute atomic E-state index is 0.0572. The number of hydrogen-bond acceptors (Lipinski definition) is 6. The molecule has 1 rings (SSSR count). The zero-order valence-corrected chi connectivity index (χ0v) is 15.1. The van der Waals surface area contributed by atoms with Crippen molar-refractivity contribution in [2.24, 2.45) is 0 Å². The second kappa shape index (κ2) is 7.93. The molecule has 0 amide bonds. The number of thioether (sulfide) groups is 3. The lowest BCUT2D eigenvalue weighted by molar-refractivity contribution is 0.864. The first-order chi connectivity index (χ1) is 8.51. The molecule has 0 radical (unpaired) electrons. The SMILES string of the molecule is C=CC(S)C1SCSC(C(S)C=C)(C(S)C=C)S1. The van der Waals surface area contributed by atoms with Gasteiger partial charge in [0.2, 0.25) is 0 Å². The van der Waals surface area contributed by atoms with E-state index in [0.717, 1.165) is 5.08 Å². The third-order valence-electron chi connectivity index (χ3n) is 2.61. The van der Waals surface area contributed by atoms with E-state index in [1.165, 1.54) is 0 Å². The van der Waals surface area contributed by atoms with Crippen molar-refractivity contribution < 1.29 is 0 Å². The zero-order valence-electron chi connectivity index (χ0n) is 9.94. The van der Waals surface area contributed by atoms with E-state index < -0.39 is 0 Å². The fraction of sp³-hybridized carbons (Fsp3) is 0.500. The molecule has 0 aromatic rings. The Morgan fingerprint density at radius 2 is 1.61 bits per heavy atom. The Morgan fingerprint density at radius 3 is 2.06 bits per heavy atom. The van der Waals surface area contributed by atoms with Gasteiger partial charge in [0.1, 0.15) is 0 Å². The van der Waals surface area contributed by atoms with Gasteiger partial charge < -0.3 is 0 Å². The van der Waals surface area contributed by atoms with Crippen molar-refractivity contribution in [3.8, 4) is 0 Å². The largest absolute Gasteiger partial charge is 0.170 e. The average molecular weight is 355 g/mol. The van der Waals surface area contributed by atoms with E-state index in [2.05, 4.69) is 57.6 Å². The predicted molar refractivity (Wildman–Crippen MR) is 103 cm³/mol. The molecule has 0 nitrogen and oxygen atoms in total. The number of hydrogen-bond donors (Lipinski definition) is 3. The first kappa shape index (κ1) is 17.4. The van der Waals surface area contributed by atoms with Gasteiger partial charge in [0.15, 0.2) is 0 Å². The van der Waals surface area contributed by atoms with Crippen molar-refractivity contribution in [3.05, 3.63) is 38.0 Å². The highest BCUT2D eigenvalue weighted by molar-refractivity contribution is 8.34. The molecule has 1 aliphatic heterocycles. The normalized spacial score (nSPS) is 33.2. The van der Waals surface area contributed by atoms with Crippen LogP contribution in [0.1, 0.15) is 0 Å². The topological polar surface area (TPSA) is 0 Å². The highest BCUT2D eigenvalue weighted by Crippen LogP contribution is 2.57. The van der Waals surface area contributed by atoms with E-state index in [0.29, 0.717) is 4.58 Å². The molecule has 4 unspecified atom stereocenters. The van der Waals surface area contributed by atoms with Crippen LogP contribution in [0.2, 0.25) is 0 Å².